The van der Waals surface area contributed by atoms with Crippen molar-refractivity contribution in [1.82, 2.24) is 5.16 Å². The van der Waals surface area contributed by atoms with Crippen molar-refractivity contribution < 1.29 is 13.4 Å². The normalized spacial score (nSPS) is 17.8. The van der Waals surface area contributed by atoms with E-state index < -0.39 is 8.41 Å². The second kappa shape index (κ2) is 9.65. The average molecular weight is 368 g/mol. The van der Waals surface area contributed by atoms with E-state index in [9.17, 15) is 8.90 Å². The van der Waals surface area contributed by atoms with Crippen LogP contribution in [0, 0.1) is 0 Å². The minimum Gasteiger partial charge on any atom is -0.360 e. The van der Waals surface area contributed by atoms with E-state index in [2.05, 4.69) is 12.1 Å². The van der Waals surface area contributed by atoms with Gasteiger partial charge in [-0.25, -0.2) is 0 Å². The summed E-state index contributed by atoms with van der Waals surface area (Å²) in [4.78, 5) is 12.4. The molecule has 2 rings (SSSR count). The standard InChI is InChI=1S/C20H34FNO2Si/c1-4-5-6-7-8-9-10-11-12-13-17-20-18(23)14-16(25(2,3)21)15-19(20)24-22-17/h16H,4-15H2,1-3H3. The minimum absolute atomic E-state index is 0.0386. The number of halogens is 1. The van der Waals surface area contributed by atoms with Gasteiger partial charge in [0.05, 0.1) is 11.3 Å². The third-order valence-electron chi connectivity index (χ3n) is 5.46. The Bertz CT molecular complexity index is 550. The van der Waals surface area contributed by atoms with Gasteiger partial charge < -0.3 is 8.63 Å². The summed E-state index contributed by atoms with van der Waals surface area (Å²) in [5.74, 6) is 0.669. The summed E-state index contributed by atoms with van der Waals surface area (Å²) in [6.45, 7) is 5.60. The van der Waals surface area contributed by atoms with Crippen molar-refractivity contribution >= 4 is 14.2 Å². The Labute approximate surface area is 152 Å². The number of hydrogen-bond donors (Lipinski definition) is 0. The highest BCUT2D eigenvalue weighted by Crippen LogP contribution is 2.38. The molecular weight excluding hydrogens is 333 g/mol. The molecule has 1 aliphatic rings. The fourth-order valence-corrected chi connectivity index (χ4v) is 5.04. The van der Waals surface area contributed by atoms with Gasteiger partial charge in [0.2, 0.25) is 8.41 Å². The lowest BCUT2D eigenvalue weighted by molar-refractivity contribution is 0.0966. The van der Waals surface area contributed by atoms with Crippen LogP contribution in [0.25, 0.3) is 0 Å². The van der Waals surface area contributed by atoms with E-state index in [0.29, 0.717) is 24.2 Å². The molecule has 1 aromatic heterocycles. The van der Waals surface area contributed by atoms with E-state index in [1.165, 1.54) is 51.4 Å². The number of hydrogen-bond acceptors (Lipinski definition) is 3. The molecule has 0 saturated carbocycles. The van der Waals surface area contributed by atoms with Crippen LogP contribution in [0.1, 0.15) is 92.9 Å². The van der Waals surface area contributed by atoms with Gasteiger partial charge in [-0.05, 0) is 31.5 Å². The number of ketones is 1. The summed E-state index contributed by atoms with van der Waals surface area (Å²) in [5, 5.41) is 4.13. The second-order valence-electron chi connectivity index (χ2n) is 8.10. The van der Waals surface area contributed by atoms with Crippen LogP contribution in [0.15, 0.2) is 4.52 Å². The smallest absolute Gasteiger partial charge is 0.244 e. The number of nitrogens with zero attached hydrogens (tertiary/aromatic N) is 1. The molecule has 0 fully saturated rings. The predicted molar refractivity (Wildman–Crippen MR) is 102 cm³/mol. The Morgan fingerprint density at radius 1 is 1.04 bits per heavy atom. The molecule has 1 unspecified atom stereocenters. The van der Waals surface area contributed by atoms with E-state index >= 15 is 0 Å². The molecule has 1 aromatic rings. The van der Waals surface area contributed by atoms with Gasteiger partial charge >= 0.3 is 0 Å². The Morgan fingerprint density at radius 2 is 1.64 bits per heavy atom. The van der Waals surface area contributed by atoms with Crippen molar-refractivity contribution in [3.63, 3.8) is 0 Å². The molecule has 1 aliphatic carbocycles. The molecule has 3 nitrogen and oxygen atoms in total. The van der Waals surface area contributed by atoms with Crippen LogP contribution in [-0.4, -0.2) is 19.3 Å². The number of aryl methyl sites for hydroxylation is 1. The van der Waals surface area contributed by atoms with Crippen LogP contribution in [-0.2, 0) is 12.8 Å². The molecule has 0 aromatic carbocycles. The van der Waals surface area contributed by atoms with E-state index in [0.717, 1.165) is 18.5 Å². The second-order valence-corrected chi connectivity index (χ2v) is 12.0. The first-order chi connectivity index (χ1) is 11.9. The first-order valence-electron chi connectivity index (χ1n) is 10.1. The highest BCUT2D eigenvalue weighted by atomic mass is 28.4. The van der Waals surface area contributed by atoms with Crippen molar-refractivity contribution in [2.24, 2.45) is 0 Å². The first-order valence-corrected chi connectivity index (χ1v) is 13.1. The highest BCUT2D eigenvalue weighted by molar-refractivity contribution is 6.72. The first kappa shape index (κ1) is 20.3. The SMILES string of the molecule is CCCCCCCCCCCc1noc2c1C(=O)CC([Si](C)(C)F)C2. The zero-order valence-corrected chi connectivity index (χ0v) is 17.2. The summed E-state index contributed by atoms with van der Waals surface area (Å²) in [6.07, 6.45) is 13.2. The van der Waals surface area contributed by atoms with Crippen LogP contribution in [0.5, 0.6) is 0 Å². The molecule has 0 aliphatic heterocycles. The quantitative estimate of drug-likeness (QED) is 0.257. The lowest BCUT2D eigenvalue weighted by Gasteiger charge is -2.26. The average Bonchev–Trinajstić information content (AvgIpc) is 2.96. The predicted octanol–water partition coefficient (Wildman–Crippen LogP) is 6.42. The molecule has 0 N–H and O–H groups in total. The number of aromatic nitrogens is 1. The van der Waals surface area contributed by atoms with Crippen LogP contribution in [0.4, 0.5) is 4.11 Å². The van der Waals surface area contributed by atoms with E-state index in [1.807, 2.05) is 0 Å². The fraction of sp³-hybridized carbons (Fsp3) is 0.800. The van der Waals surface area contributed by atoms with Crippen LogP contribution in [0.2, 0.25) is 18.6 Å². The lowest BCUT2D eigenvalue weighted by Crippen LogP contribution is -2.33. The number of carbonyl (C=O) groups is 1. The summed E-state index contributed by atoms with van der Waals surface area (Å²) < 4.78 is 19.7. The summed E-state index contributed by atoms with van der Waals surface area (Å²) in [7, 11) is -2.82. The third-order valence-corrected chi connectivity index (χ3v) is 7.81. The Kier molecular flexibility index (Phi) is 7.85. The Morgan fingerprint density at radius 3 is 2.24 bits per heavy atom. The largest absolute Gasteiger partial charge is 0.360 e. The number of unbranched alkanes of at least 4 members (excludes halogenated alkanes) is 8. The summed E-state index contributed by atoms with van der Waals surface area (Å²) >= 11 is 0. The monoisotopic (exact) mass is 367 g/mol. The molecule has 25 heavy (non-hydrogen) atoms. The van der Waals surface area contributed by atoms with Gasteiger partial charge in [0.15, 0.2) is 5.78 Å². The maximum absolute atomic E-state index is 14.3. The molecule has 0 bridgehead atoms. The van der Waals surface area contributed by atoms with Crippen LogP contribution < -0.4 is 0 Å². The molecule has 1 atom stereocenters. The molecule has 0 amide bonds. The van der Waals surface area contributed by atoms with E-state index in [-0.39, 0.29) is 11.3 Å². The Hall–Kier alpha value is -0.973. The molecule has 0 radical (unpaired) electrons. The van der Waals surface area contributed by atoms with Crippen molar-refractivity contribution in [2.45, 2.75) is 103 Å². The minimum atomic E-state index is -2.82. The van der Waals surface area contributed by atoms with Crippen molar-refractivity contribution in [1.29, 1.82) is 0 Å². The van der Waals surface area contributed by atoms with Gasteiger partial charge in [0, 0.05) is 12.8 Å². The number of rotatable bonds is 11. The summed E-state index contributed by atoms with van der Waals surface area (Å²) in [6, 6.07) is 0. The fourth-order valence-electron chi connectivity index (χ4n) is 3.70. The Balaban J connectivity index is 1.73. The van der Waals surface area contributed by atoms with Gasteiger partial charge in [-0.2, -0.15) is 0 Å². The van der Waals surface area contributed by atoms with Gasteiger partial charge in [-0.1, -0.05) is 63.4 Å². The third kappa shape index (κ3) is 6.05. The lowest BCUT2D eigenvalue weighted by atomic mass is 9.93. The highest BCUT2D eigenvalue weighted by Gasteiger charge is 2.41. The van der Waals surface area contributed by atoms with Gasteiger partial charge in [-0.15, -0.1) is 0 Å². The topological polar surface area (TPSA) is 43.1 Å². The number of carbonyl (C=O) groups excluding carboxylic acids is 1. The molecular formula is C20H34FNO2Si. The molecule has 0 spiro atoms. The van der Waals surface area contributed by atoms with Gasteiger partial charge in [0.1, 0.15) is 5.76 Å². The number of fused-ring (bicyclic) bond motifs is 1. The zero-order chi connectivity index (χ0) is 18.3. The maximum atomic E-state index is 14.3. The molecule has 5 heteroatoms. The molecule has 0 saturated heterocycles. The van der Waals surface area contributed by atoms with Crippen molar-refractivity contribution in [3.8, 4) is 0 Å². The summed E-state index contributed by atoms with van der Waals surface area (Å²) in [5.41, 5.74) is 1.31. The molecule has 142 valence electrons. The van der Waals surface area contributed by atoms with Gasteiger partial charge in [0.25, 0.3) is 0 Å². The zero-order valence-electron chi connectivity index (χ0n) is 16.2. The van der Waals surface area contributed by atoms with E-state index in [1.54, 1.807) is 13.1 Å². The van der Waals surface area contributed by atoms with Crippen molar-refractivity contribution in [2.75, 3.05) is 0 Å². The van der Waals surface area contributed by atoms with E-state index in [4.69, 9.17) is 4.52 Å². The number of Topliss-reactive ketones (excluding diaryl/α,β-unsaturated/α-hetero) is 1. The molecule has 1 heterocycles. The van der Waals surface area contributed by atoms with Crippen LogP contribution >= 0.6 is 0 Å². The van der Waals surface area contributed by atoms with Crippen LogP contribution in [0.3, 0.4) is 0 Å². The van der Waals surface area contributed by atoms with Crippen molar-refractivity contribution in [3.05, 3.63) is 17.0 Å². The maximum Gasteiger partial charge on any atom is 0.244 e. The van der Waals surface area contributed by atoms with Gasteiger partial charge in [-0.3, -0.25) is 4.79 Å².